The smallest absolute Gasteiger partial charge is 0.227 e. The second-order valence-electron chi connectivity index (χ2n) is 7.70. The van der Waals surface area contributed by atoms with E-state index in [1.54, 1.807) is 0 Å². The third kappa shape index (κ3) is 2.49. The number of carbonyl (C=O) groups is 1. The SMILES string of the molecule is CC(C)C1CCCN(C(=O)C2C3CCC(C3)C2N)CC1. The molecule has 3 nitrogen and oxygen atoms in total. The lowest BCUT2D eigenvalue weighted by molar-refractivity contribution is -0.137. The Morgan fingerprint density at radius 1 is 1.10 bits per heavy atom. The summed E-state index contributed by atoms with van der Waals surface area (Å²) in [5, 5.41) is 0. The number of nitrogens with two attached hydrogens (primary N) is 1. The Labute approximate surface area is 123 Å². The van der Waals surface area contributed by atoms with Crippen LogP contribution in [0.25, 0.3) is 0 Å². The van der Waals surface area contributed by atoms with Gasteiger partial charge in [0.05, 0.1) is 5.92 Å². The lowest BCUT2D eigenvalue weighted by Gasteiger charge is -2.32. The van der Waals surface area contributed by atoms with E-state index in [9.17, 15) is 4.79 Å². The van der Waals surface area contributed by atoms with Gasteiger partial charge in [0.2, 0.25) is 5.91 Å². The van der Waals surface area contributed by atoms with Crippen LogP contribution in [0.4, 0.5) is 0 Å². The van der Waals surface area contributed by atoms with Gasteiger partial charge in [0, 0.05) is 19.1 Å². The number of likely N-dealkylation sites (tertiary alicyclic amines) is 1. The molecule has 5 atom stereocenters. The molecule has 0 aromatic rings. The minimum Gasteiger partial charge on any atom is -0.342 e. The molecular weight excluding hydrogens is 248 g/mol. The van der Waals surface area contributed by atoms with Crippen molar-refractivity contribution in [2.75, 3.05) is 13.1 Å². The van der Waals surface area contributed by atoms with Crippen molar-refractivity contribution in [1.29, 1.82) is 0 Å². The van der Waals surface area contributed by atoms with E-state index >= 15 is 0 Å². The first kappa shape index (κ1) is 14.4. The van der Waals surface area contributed by atoms with Crippen molar-refractivity contribution >= 4 is 5.91 Å². The predicted molar refractivity (Wildman–Crippen MR) is 81.1 cm³/mol. The number of rotatable bonds is 2. The van der Waals surface area contributed by atoms with E-state index in [0.717, 1.165) is 24.9 Å². The maximum Gasteiger partial charge on any atom is 0.227 e. The van der Waals surface area contributed by atoms with Gasteiger partial charge < -0.3 is 10.6 Å². The van der Waals surface area contributed by atoms with Gasteiger partial charge in [-0.25, -0.2) is 0 Å². The molecule has 3 aliphatic rings. The predicted octanol–water partition coefficient (Wildman–Crippen LogP) is 2.64. The van der Waals surface area contributed by atoms with Crippen LogP contribution in [0.2, 0.25) is 0 Å². The zero-order chi connectivity index (χ0) is 14.3. The summed E-state index contributed by atoms with van der Waals surface area (Å²) < 4.78 is 0. The van der Waals surface area contributed by atoms with Gasteiger partial charge in [-0.1, -0.05) is 13.8 Å². The second kappa shape index (κ2) is 5.67. The zero-order valence-electron chi connectivity index (χ0n) is 13.1. The van der Waals surface area contributed by atoms with Crippen LogP contribution in [0.3, 0.4) is 0 Å². The lowest BCUT2D eigenvalue weighted by atomic mass is 9.84. The molecule has 0 aromatic heterocycles. The molecule has 2 N–H and O–H groups in total. The molecule has 2 bridgehead atoms. The van der Waals surface area contributed by atoms with Gasteiger partial charge in [-0.05, 0) is 62.2 Å². The van der Waals surface area contributed by atoms with Crippen LogP contribution in [0.15, 0.2) is 0 Å². The first-order valence-corrected chi connectivity index (χ1v) is 8.62. The highest BCUT2D eigenvalue weighted by Gasteiger charge is 2.50. The Morgan fingerprint density at radius 3 is 2.50 bits per heavy atom. The van der Waals surface area contributed by atoms with Gasteiger partial charge in [0.25, 0.3) is 0 Å². The average Bonchev–Trinajstić information content (AvgIpc) is 2.90. The summed E-state index contributed by atoms with van der Waals surface area (Å²) in [7, 11) is 0. The molecular formula is C17H30N2O. The third-order valence-electron chi connectivity index (χ3n) is 6.29. The fraction of sp³-hybridized carbons (Fsp3) is 0.941. The fourth-order valence-corrected chi connectivity index (χ4v) is 4.92. The van der Waals surface area contributed by atoms with Crippen LogP contribution in [-0.2, 0) is 4.79 Å². The highest BCUT2D eigenvalue weighted by Crippen LogP contribution is 2.48. The molecule has 5 unspecified atom stereocenters. The van der Waals surface area contributed by atoms with Gasteiger partial charge in [-0.15, -0.1) is 0 Å². The van der Waals surface area contributed by atoms with Crippen molar-refractivity contribution in [1.82, 2.24) is 4.90 Å². The van der Waals surface area contributed by atoms with E-state index < -0.39 is 0 Å². The molecule has 3 heteroatoms. The van der Waals surface area contributed by atoms with E-state index in [1.165, 1.54) is 38.5 Å². The Hall–Kier alpha value is -0.570. The summed E-state index contributed by atoms with van der Waals surface area (Å²) in [5.41, 5.74) is 6.34. The molecule has 1 heterocycles. The molecule has 1 saturated heterocycles. The van der Waals surface area contributed by atoms with Crippen molar-refractivity contribution in [3.05, 3.63) is 0 Å². The molecule has 1 amide bonds. The molecule has 2 saturated carbocycles. The number of fused-ring (bicyclic) bond motifs is 2. The van der Waals surface area contributed by atoms with E-state index in [4.69, 9.17) is 5.73 Å². The Morgan fingerprint density at radius 2 is 1.85 bits per heavy atom. The standard InChI is InChI=1S/C17H30N2O/c1-11(2)12-4-3-8-19(9-7-12)17(20)15-13-5-6-14(10-13)16(15)18/h11-16H,3-10,18H2,1-2H3. The average molecular weight is 278 g/mol. The van der Waals surface area contributed by atoms with Crippen LogP contribution >= 0.6 is 0 Å². The lowest BCUT2D eigenvalue weighted by Crippen LogP contribution is -2.47. The number of amides is 1. The second-order valence-corrected chi connectivity index (χ2v) is 7.70. The maximum atomic E-state index is 12.9. The highest BCUT2D eigenvalue weighted by molar-refractivity contribution is 5.80. The third-order valence-corrected chi connectivity index (χ3v) is 6.29. The molecule has 3 rings (SSSR count). The van der Waals surface area contributed by atoms with Crippen LogP contribution in [-0.4, -0.2) is 29.9 Å². The number of hydrogen-bond donors (Lipinski definition) is 1. The van der Waals surface area contributed by atoms with Crippen molar-refractivity contribution in [2.24, 2.45) is 35.3 Å². The van der Waals surface area contributed by atoms with E-state index in [2.05, 4.69) is 18.7 Å². The van der Waals surface area contributed by atoms with Gasteiger partial charge >= 0.3 is 0 Å². The molecule has 0 radical (unpaired) electrons. The first-order chi connectivity index (χ1) is 9.58. The molecule has 114 valence electrons. The summed E-state index contributed by atoms with van der Waals surface area (Å²) in [6, 6.07) is 0.144. The van der Waals surface area contributed by atoms with Crippen molar-refractivity contribution < 1.29 is 4.79 Å². The van der Waals surface area contributed by atoms with Crippen molar-refractivity contribution in [2.45, 2.75) is 58.4 Å². The minimum atomic E-state index is 0.143. The quantitative estimate of drug-likeness (QED) is 0.844. The van der Waals surface area contributed by atoms with Crippen LogP contribution in [0.5, 0.6) is 0 Å². The van der Waals surface area contributed by atoms with Crippen LogP contribution in [0, 0.1) is 29.6 Å². The summed E-state index contributed by atoms with van der Waals surface area (Å²) in [4.78, 5) is 15.0. The molecule has 3 fully saturated rings. The molecule has 20 heavy (non-hydrogen) atoms. The minimum absolute atomic E-state index is 0.143. The highest BCUT2D eigenvalue weighted by atomic mass is 16.2. The Bertz CT molecular complexity index is 366. The number of carbonyl (C=O) groups excluding carboxylic acids is 1. The normalized spacial score (nSPS) is 41.2. The molecule has 2 aliphatic carbocycles. The topological polar surface area (TPSA) is 46.3 Å². The van der Waals surface area contributed by atoms with E-state index in [1.807, 2.05) is 0 Å². The first-order valence-electron chi connectivity index (χ1n) is 8.62. The van der Waals surface area contributed by atoms with E-state index in [0.29, 0.717) is 17.7 Å². The van der Waals surface area contributed by atoms with Gasteiger partial charge in [0.15, 0.2) is 0 Å². The largest absolute Gasteiger partial charge is 0.342 e. The fourth-order valence-electron chi connectivity index (χ4n) is 4.92. The number of hydrogen-bond acceptors (Lipinski definition) is 2. The number of nitrogens with zero attached hydrogens (tertiary/aromatic N) is 1. The van der Waals surface area contributed by atoms with Gasteiger partial charge in [-0.3, -0.25) is 4.79 Å². The van der Waals surface area contributed by atoms with Crippen molar-refractivity contribution in [3.8, 4) is 0 Å². The Kier molecular flexibility index (Phi) is 4.07. The zero-order valence-corrected chi connectivity index (χ0v) is 13.1. The Balaban J connectivity index is 1.63. The molecule has 1 aliphatic heterocycles. The van der Waals surface area contributed by atoms with Crippen LogP contribution in [0.1, 0.15) is 52.4 Å². The van der Waals surface area contributed by atoms with Gasteiger partial charge in [0.1, 0.15) is 0 Å². The summed E-state index contributed by atoms with van der Waals surface area (Å²) in [5.74, 6) is 3.28. The molecule has 0 spiro atoms. The summed E-state index contributed by atoms with van der Waals surface area (Å²) in [6.07, 6.45) is 7.33. The van der Waals surface area contributed by atoms with Crippen LogP contribution < -0.4 is 5.73 Å². The summed E-state index contributed by atoms with van der Waals surface area (Å²) >= 11 is 0. The van der Waals surface area contributed by atoms with E-state index in [-0.39, 0.29) is 12.0 Å². The van der Waals surface area contributed by atoms with Crippen molar-refractivity contribution in [3.63, 3.8) is 0 Å². The maximum absolute atomic E-state index is 12.9. The monoisotopic (exact) mass is 278 g/mol. The molecule has 0 aromatic carbocycles. The summed E-state index contributed by atoms with van der Waals surface area (Å²) in [6.45, 7) is 6.55. The van der Waals surface area contributed by atoms with Gasteiger partial charge in [-0.2, -0.15) is 0 Å².